The van der Waals surface area contributed by atoms with Crippen molar-refractivity contribution in [1.82, 2.24) is 0 Å². The van der Waals surface area contributed by atoms with Crippen molar-refractivity contribution in [3.05, 3.63) is 41.7 Å². The standard InChI is InChI=1S/C14H17FO2/c1-2-17-13-5-3-11(4-6-13)14(7-8-14)9-12(15)10-16/h3-6,9,16H,2,7-8,10H2,1H3/b12-9+. The predicted molar refractivity (Wildman–Crippen MR) is 64.8 cm³/mol. The summed E-state index contributed by atoms with van der Waals surface area (Å²) in [7, 11) is 0. The van der Waals surface area contributed by atoms with Gasteiger partial charge in [0, 0.05) is 5.41 Å². The van der Waals surface area contributed by atoms with Gasteiger partial charge in [-0.15, -0.1) is 0 Å². The van der Waals surface area contributed by atoms with E-state index in [2.05, 4.69) is 0 Å². The summed E-state index contributed by atoms with van der Waals surface area (Å²) in [4.78, 5) is 0. The lowest BCUT2D eigenvalue weighted by Gasteiger charge is -2.12. The maximum Gasteiger partial charge on any atom is 0.122 e. The van der Waals surface area contributed by atoms with Gasteiger partial charge < -0.3 is 9.84 Å². The molecule has 2 nitrogen and oxygen atoms in total. The van der Waals surface area contributed by atoms with Crippen molar-refractivity contribution < 1.29 is 14.2 Å². The number of aliphatic hydroxyl groups excluding tert-OH is 1. The summed E-state index contributed by atoms with van der Waals surface area (Å²) < 4.78 is 18.5. The molecule has 1 aromatic rings. The van der Waals surface area contributed by atoms with Crippen LogP contribution in [0.2, 0.25) is 0 Å². The smallest absolute Gasteiger partial charge is 0.122 e. The van der Waals surface area contributed by atoms with Crippen LogP contribution < -0.4 is 4.74 Å². The van der Waals surface area contributed by atoms with E-state index in [0.717, 1.165) is 24.2 Å². The molecule has 0 amide bonds. The highest BCUT2D eigenvalue weighted by atomic mass is 19.1. The molecule has 1 aromatic carbocycles. The Kier molecular flexibility index (Phi) is 3.48. The van der Waals surface area contributed by atoms with E-state index in [1.165, 1.54) is 0 Å². The lowest BCUT2D eigenvalue weighted by Crippen LogP contribution is -2.04. The molecule has 17 heavy (non-hydrogen) atoms. The van der Waals surface area contributed by atoms with Gasteiger partial charge in [-0.2, -0.15) is 0 Å². The van der Waals surface area contributed by atoms with Gasteiger partial charge in [0.15, 0.2) is 0 Å². The number of allylic oxidation sites excluding steroid dienone is 1. The Morgan fingerprint density at radius 3 is 2.53 bits per heavy atom. The van der Waals surface area contributed by atoms with Crippen LogP contribution in [0, 0.1) is 0 Å². The number of hydrogen-bond donors (Lipinski definition) is 1. The van der Waals surface area contributed by atoms with Gasteiger partial charge in [0.05, 0.1) is 13.2 Å². The van der Waals surface area contributed by atoms with Crippen LogP contribution in [0.1, 0.15) is 25.3 Å². The summed E-state index contributed by atoms with van der Waals surface area (Å²) in [5.41, 5.74) is 0.891. The molecule has 1 aliphatic carbocycles. The fourth-order valence-electron chi connectivity index (χ4n) is 2.05. The second kappa shape index (κ2) is 4.88. The zero-order valence-corrected chi connectivity index (χ0v) is 9.95. The first kappa shape index (κ1) is 12.1. The van der Waals surface area contributed by atoms with Crippen LogP contribution in [0.5, 0.6) is 5.75 Å². The maximum atomic E-state index is 13.1. The van der Waals surface area contributed by atoms with E-state index in [9.17, 15) is 4.39 Å². The first-order valence-electron chi connectivity index (χ1n) is 5.91. The monoisotopic (exact) mass is 236 g/mol. The molecule has 0 unspecified atom stereocenters. The zero-order valence-electron chi connectivity index (χ0n) is 9.95. The Morgan fingerprint density at radius 2 is 2.06 bits per heavy atom. The Labute approximate surface area is 101 Å². The zero-order chi connectivity index (χ0) is 12.3. The molecule has 0 aliphatic heterocycles. The number of hydrogen-bond acceptors (Lipinski definition) is 2. The molecule has 0 saturated heterocycles. The molecule has 92 valence electrons. The quantitative estimate of drug-likeness (QED) is 0.851. The van der Waals surface area contributed by atoms with Gasteiger partial charge >= 0.3 is 0 Å². The summed E-state index contributed by atoms with van der Waals surface area (Å²) in [6, 6.07) is 7.76. The second-order valence-corrected chi connectivity index (χ2v) is 4.36. The average molecular weight is 236 g/mol. The van der Waals surface area contributed by atoms with Crippen LogP contribution in [0.4, 0.5) is 4.39 Å². The van der Waals surface area contributed by atoms with Gasteiger partial charge in [-0.05, 0) is 43.5 Å². The minimum Gasteiger partial charge on any atom is -0.494 e. The molecule has 3 heteroatoms. The van der Waals surface area contributed by atoms with E-state index in [1.807, 2.05) is 31.2 Å². The van der Waals surface area contributed by atoms with Gasteiger partial charge in [-0.1, -0.05) is 12.1 Å². The van der Waals surface area contributed by atoms with E-state index in [4.69, 9.17) is 9.84 Å². The summed E-state index contributed by atoms with van der Waals surface area (Å²) in [5, 5.41) is 8.72. The van der Waals surface area contributed by atoms with Gasteiger partial charge in [0.1, 0.15) is 11.6 Å². The number of rotatable bonds is 5. The van der Waals surface area contributed by atoms with Crippen molar-refractivity contribution in [2.75, 3.05) is 13.2 Å². The maximum absolute atomic E-state index is 13.1. The molecule has 1 N–H and O–H groups in total. The van der Waals surface area contributed by atoms with E-state index < -0.39 is 12.4 Å². The Morgan fingerprint density at radius 1 is 1.41 bits per heavy atom. The molecular weight excluding hydrogens is 219 g/mol. The molecule has 0 bridgehead atoms. The van der Waals surface area contributed by atoms with Gasteiger partial charge in [-0.25, -0.2) is 4.39 Å². The lowest BCUT2D eigenvalue weighted by molar-refractivity contribution is 0.296. The highest BCUT2D eigenvalue weighted by molar-refractivity contribution is 5.40. The summed E-state index contributed by atoms with van der Waals surface area (Å²) in [6.45, 7) is 2.07. The minimum atomic E-state index is -0.515. The predicted octanol–water partition coefficient (Wildman–Crippen LogP) is 2.96. The van der Waals surface area contributed by atoms with E-state index >= 15 is 0 Å². The first-order valence-corrected chi connectivity index (χ1v) is 5.91. The number of ether oxygens (including phenoxy) is 1. The highest BCUT2D eigenvalue weighted by Gasteiger charge is 2.42. The topological polar surface area (TPSA) is 29.5 Å². The second-order valence-electron chi connectivity index (χ2n) is 4.36. The van der Waals surface area contributed by atoms with Crippen LogP contribution in [0.3, 0.4) is 0 Å². The molecule has 1 fully saturated rings. The first-order chi connectivity index (χ1) is 8.20. The third-order valence-electron chi connectivity index (χ3n) is 3.11. The molecule has 0 radical (unpaired) electrons. The largest absolute Gasteiger partial charge is 0.494 e. The lowest BCUT2D eigenvalue weighted by atomic mass is 9.95. The van der Waals surface area contributed by atoms with Gasteiger partial charge in [0.2, 0.25) is 0 Å². The molecule has 0 aromatic heterocycles. The Hall–Kier alpha value is -1.35. The van der Waals surface area contributed by atoms with E-state index in [-0.39, 0.29) is 5.41 Å². The molecule has 2 rings (SSSR count). The SMILES string of the molecule is CCOc1ccc(C2(/C=C(/F)CO)CC2)cc1. The van der Waals surface area contributed by atoms with Crippen LogP contribution in [-0.2, 0) is 5.41 Å². The summed E-state index contributed by atoms with van der Waals surface area (Å²) in [5.74, 6) is 0.384. The fraction of sp³-hybridized carbons (Fsp3) is 0.429. The van der Waals surface area contributed by atoms with E-state index in [1.54, 1.807) is 6.08 Å². The highest BCUT2D eigenvalue weighted by Crippen LogP contribution is 2.50. The molecule has 0 heterocycles. The van der Waals surface area contributed by atoms with Gasteiger partial charge in [0.25, 0.3) is 0 Å². The average Bonchev–Trinajstić information content (AvgIpc) is 3.11. The van der Waals surface area contributed by atoms with Crippen molar-refractivity contribution in [3.8, 4) is 5.75 Å². The van der Waals surface area contributed by atoms with Crippen LogP contribution in [0.25, 0.3) is 0 Å². The van der Waals surface area contributed by atoms with Crippen molar-refractivity contribution in [2.24, 2.45) is 0 Å². The third-order valence-corrected chi connectivity index (χ3v) is 3.11. The van der Waals surface area contributed by atoms with Crippen LogP contribution in [0.15, 0.2) is 36.2 Å². The van der Waals surface area contributed by atoms with Crippen molar-refractivity contribution in [3.63, 3.8) is 0 Å². The summed E-state index contributed by atoms with van der Waals surface area (Å²) in [6.07, 6.45) is 3.42. The summed E-state index contributed by atoms with van der Waals surface area (Å²) >= 11 is 0. The Bertz CT molecular complexity index is 405. The molecule has 0 atom stereocenters. The molecule has 1 aliphatic rings. The van der Waals surface area contributed by atoms with Crippen molar-refractivity contribution in [2.45, 2.75) is 25.2 Å². The minimum absolute atomic E-state index is 0.197. The van der Waals surface area contributed by atoms with Crippen molar-refractivity contribution >= 4 is 0 Å². The molecule has 0 spiro atoms. The fourth-order valence-corrected chi connectivity index (χ4v) is 2.05. The number of benzene rings is 1. The molecule has 1 saturated carbocycles. The normalized spacial score (nSPS) is 17.9. The molecular formula is C14H17FO2. The van der Waals surface area contributed by atoms with Crippen LogP contribution >= 0.6 is 0 Å². The number of aliphatic hydroxyl groups is 1. The van der Waals surface area contributed by atoms with Crippen LogP contribution in [-0.4, -0.2) is 18.3 Å². The van der Waals surface area contributed by atoms with Crippen molar-refractivity contribution in [1.29, 1.82) is 0 Å². The number of halogens is 1. The Balaban J connectivity index is 2.17. The van der Waals surface area contributed by atoms with E-state index in [0.29, 0.717) is 6.61 Å². The third kappa shape index (κ3) is 2.67. The van der Waals surface area contributed by atoms with Gasteiger partial charge in [-0.3, -0.25) is 0 Å².